The van der Waals surface area contributed by atoms with Gasteiger partial charge >= 0.3 is 6.18 Å². The van der Waals surface area contributed by atoms with Gasteiger partial charge in [-0.3, -0.25) is 9.10 Å². The summed E-state index contributed by atoms with van der Waals surface area (Å²) >= 11 is 0. The molecule has 192 valence electrons. The molecule has 3 aromatic rings. The van der Waals surface area contributed by atoms with Gasteiger partial charge in [0.05, 0.1) is 11.6 Å². The van der Waals surface area contributed by atoms with Crippen LogP contribution in [-0.2, 0) is 28.4 Å². The lowest BCUT2D eigenvalue weighted by Crippen LogP contribution is -2.29. The average Bonchev–Trinajstić information content (AvgIpc) is 2.85. The third-order valence-electron chi connectivity index (χ3n) is 5.62. The van der Waals surface area contributed by atoms with Gasteiger partial charge < -0.3 is 10.2 Å². The van der Waals surface area contributed by atoms with Crippen molar-refractivity contribution in [2.24, 2.45) is 0 Å². The van der Waals surface area contributed by atoms with Crippen molar-refractivity contribution < 1.29 is 30.8 Å². The summed E-state index contributed by atoms with van der Waals surface area (Å²) in [6, 6.07) is 14.5. The van der Waals surface area contributed by atoms with Gasteiger partial charge in [-0.2, -0.15) is 13.2 Å². The Kier molecular flexibility index (Phi) is 8.18. The van der Waals surface area contributed by atoms with Gasteiger partial charge in [0.1, 0.15) is 17.3 Å². The lowest BCUT2D eigenvalue weighted by molar-refractivity contribution is -0.141. The minimum absolute atomic E-state index is 0.0223. The first-order valence-corrected chi connectivity index (χ1v) is 11.8. The van der Waals surface area contributed by atoms with Gasteiger partial charge in [-0.25, -0.2) is 17.8 Å². The highest BCUT2D eigenvalue weighted by molar-refractivity contribution is 7.74. The number of hydrogen-bond acceptors (Lipinski definition) is 5. The summed E-state index contributed by atoms with van der Waals surface area (Å²) in [5.41, 5.74) is 0.0225. The van der Waals surface area contributed by atoms with E-state index in [1.165, 1.54) is 37.1 Å². The molecule has 0 aliphatic rings. The molecule has 1 atom stereocenters. The topological polar surface area (TPSA) is 82.6 Å². The van der Waals surface area contributed by atoms with Crippen LogP contribution in [0.2, 0.25) is 0 Å². The largest absolute Gasteiger partial charge is 0.433 e. The number of alkyl halides is 3. The molecule has 0 aliphatic carbocycles. The molecule has 0 saturated carbocycles. The van der Waals surface area contributed by atoms with Gasteiger partial charge in [0.15, 0.2) is 0 Å². The van der Waals surface area contributed by atoms with E-state index >= 15 is 0 Å². The molecule has 0 saturated heterocycles. The number of benzene rings is 2. The number of para-hydroxylation sites is 1. The number of rotatable bonds is 8. The van der Waals surface area contributed by atoms with Crippen LogP contribution < -0.4 is 14.5 Å². The zero-order valence-electron chi connectivity index (χ0n) is 19.6. The van der Waals surface area contributed by atoms with E-state index in [9.17, 15) is 30.8 Å². The summed E-state index contributed by atoms with van der Waals surface area (Å²) in [6.45, 7) is 1.41. The number of anilines is 3. The van der Waals surface area contributed by atoms with Crippen LogP contribution in [0.1, 0.15) is 29.7 Å². The Morgan fingerprint density at radius 3 is 2.31 bits per heavy atom. The molecule has 0 spiro atoms. The standard InChI is InChI=1S/C24H24F4N4O3S/c1-15(16-9-11-20(19(25)13-16)32(3)36(34)35)23(33)29-14-17-10-12-21(24(26,27)28)30-22(17)31(2)18-7-5-4-6-8-18/h4-13,15,36H,14H2,1-3H3,(H,29,33). The molecule has 1 amide bonds. The number of hydrogen-bond donors (Lipinski definition) is 2. The van der Waals surface area contributed by atoms with E-state index < -0.39 is 40.4 Å². The molecule has 7 nitrogen and oxygen atoms in total. The monoisotopic (exact) mass is 524 g/mol. The van der Waals surface area contributed by atoms with Crippen LogP contribution in [0.15, 0.2) is 60.7 Å². The summed E-state index contributed by atoms with van der Waals surface area (Å²) in [5.74, 6) is -2.11. The predicted molar refractivity (Wildman–Crippen MR) is 129 cm³/mol. The second kappa shape index (κ2) is 10.9. The molecule has 2 aromatic carbocycles. The van der Waals surface area contributed by atoms with Crippen LogP contribution in [0.3, 0.4) is 0 Å². The fraction of sp³-hybridized carbons (Fsp3) is 0.250. The molecule has 12 heteroatoms. The fourth-order valence-electron chi connectivity index (χ4n) is 3.47. The summed E-state index contributed by atoms with van der Waals surface area (Å²) in [4.78, 5) is 18.1. The van der Waals surface area contributed by atoms with E-state index in [0.717, 1.165) is 16.4 Å². The van der Waals surface area contributed by atoms with Gasteiger partial charge in [0, 0.05) is 31.9 Å². The average molecular weight is 525 g/mol. The molecule has 0 fully saturated rings. The zero-order chi connectivity index (χ0) is 26.6. The van der Waals surface area contributed by atoms with Crippen LogP contribution in [0.5, 0.6) is 0 Å². The Balaban J connectivity index is 1.82. The Labute approximate surface area is 207 Å². The first kappa shape index (κ1) is 26.9. The van der Waals surface area contributed by atoms with Crippen molar-refractivity contribution >= 4 is 34.0 Å². The highest BCUT2D eigenvalue weighted by atomic mass is 32.2. The maximum Gasteiger partial charge on any atom is 0.433 e. The molecule has 0 aliphatic heterocycles. The van der Waals surface area contributed by atoms with Crippen molar-refractivity contribution in [3.8, 4) is 0 Å². The molecule has 36 heavy (non-hydrogen) atoms. The van der Waals surface area contributed by atoms with Gasteiger partial charge in [-0.15, -0.1) is 0 Å². The van der Waals surface area contributed by atoms with E-state index in [2.05, 4.69) is 10.3 Å². The predicted octanol–water partition coefficient (Wildman–Crippen LogP) is 4.39. The maximum absolute atomic E-state index is 14.4. The molecule has 3 rings (SSSR count). The highest BCUT2D eigenvalue weighted by Crippen LogP contribution is 2.32. The normalized spacial score (nSPS) is 12.3. The van der Waals surface area contributed by atoms with Crippen LogP contribution in [0.4, 0.5) is 34.8 Å². The third-order valence-corrected chi connectivity index (χ3v) is 6.32. The van der Waals surface area contributed by atoms with Gasteiger partial charge in [0.25, 0.3) is 0 Å². The summed E-state index contributed by atoms with van der Waals surface area (Å²) in [7, 11) is -0.256. The van der Waals surface area contributed by atoms with Crippen molar-refractivity contribution in [3.63, 3.8) is 0 Å². The smallest absolute Gasteiger partial charge is 0.351 e. The summed E-state index contributed by atoms with van der Waals surface area (Å²) < 4.78 is 77.3. The lowest BCUT2D eigenvalue weighted by atomic mass is 9.99. The Morgan fingerprint density at radius 2 is 1.72 bits per heavy atom. The number of nitrogens with zero attached hydrogens (tertiary/aromatic N) is 3. The van der Waals surface area contributed by atoms with Crippen molar-refractivity contribution in [1.29, 1.82) is 0 Å². The first-order chi connectivity index (χ1) is 16.9. The second-order valence-corrected chi connectivity index (χ2v) is 9.06. The van der Waals surface area contributed by atoms with Crippen LogP contribution in [0.25, 0.3) is 0 Å². The summed E-state index contributed by atoms with van der Waals surface area (Å²) in [6.07, 6.45) is -4.65. The summed E-state index contributed by atoms with van der Waals surface area (Å²) in [5, 5.41) is 2.66. The van der Waals surface area contributed by atoms with Gasteiger partial charge in [0.2, 0.25) is 16.8 Å². The number of nitrogens with one attached hydrogen (secondary N) is 1. The number of thiol groups is 1. The van der Waals surface area contributed by atoms with Gasteiger partial charge in [-0.1, -0.05) is 30.3 Å². The molecule has 0 bridgehead atoms. The maximum atomic E-state index is 14.4. The number of pyridine rings is 1. The van der Waals surface area contributed by atoms with Gasteiger partial charge in [-0.05, 0) is 42.8 Å². The minimum atomic E-state index is -4.65. The van der Waals surface area contributed by atoms with Crippen LogP contribution in [-0.4, -0.2) is 33.4 Å². The van der Waals surface area contributed by atoms with E-state index in [1.54, 1.807) is 37.4 Å². The number of halogens is 4. The second-order valence-electron chi connectivity index (χ2n) is 7.98. The highest BCUT2D eigenvalue weighted by Gasteiger charge is 2.33. The SMILES string of the molecule is CC(C(=O)NCc1ccc(C(F)(F)F)nc1N(C)c1ccccc1)c1ccc(N(C)[SH](=O)=O)c(F)c1. The fourth-order valence-corrected chi connectivity index (χ4v) is 3.81. The van der Waals surface area contributed by atoms with Crippen LogP contribution >= 0.6 is 0 Å². The Hall–Kier alpha value is -3.67. The molecule has 1 aromatic heterocycles. The molecular formula is C24H24F4N4O3S. The molecule has 1 N–H and O–H groups in total. The number of amides is 1. The van der Waals surface area contributed by atoms with E-state index in [4.69, 9.17) is 0 Å². The number of carbonyl (C=O) groups excluding carboxylic acids is 1. The first-order valence-electron chi connectivity index (χ1n) is 10.7. The molecular weight excluding hydrogens is 500 g/mol. The van der Waals surface area contributed by atoms with Crippen molar-refractivity contribution in [2.45, 2.75) is 25.6 Å². The molecule has 0 radical (unpaired) electrons. The number of aromatic nitrogens is 1. The van der Waals surface area contributed by atoms with Crippen molar-refractivity contribution in [2.75, 3.05) is 23.3 Å². The van der Waals surface area contributed by atoms with E-state index in [0.29, 0.717) is 16.8 Å². The molecule has 1 heterocycles. The van der Waals surface area contributed by atoms with Crippen molar-refractivity contribution in [1.82, 2.24) is 10.3 Å². The van der Waals surface area contributed by atoms with E-state index in [-0.39, 0.29) is 18.1 Å². The number of carbonyl (C=O) groups is 1. The Morgan fingerprint density at radius 1 is 1.06 bits per heavy atom. The molecule has 1 unspecified atom stereocenters. The lowest BCUT2D eigenvalue weighted by Gasteiger charge is -2.23. The third kappa shape index (κ3) is 6.11. The van der Waals surface area contributed by atoms with E-state index in [1.807, 2.05) is 0 Å². The zero-order valence-corrected chi connectivity index (χ0v) is 20.5. The minimum Gasteiger partial charge on any atom is -0.351 e. The Bertz CT molecular complexity index is 1310. The quantitative estimate of drug-likeness (QED) is 0.338. The van der Waals surface area contributed by atoms with Crippen molar-refractivity contribution in [3.05, 3.63) is 83.3 Å². The van der Waals surface area contributed by atoms with Crippen LogP contribution in [0, 0.1) is 5.82 Å².